The van der Waals surface area contributed by atoms with Gasteiger partial charge in [-0.15, -0.1) is 0 Å². The number of hydrogen-bond donors (Lipinski definition) is 2. The number of hydrogen-bond acceptors (Lipinski definition) is 3. The Morgan fingerprint density at radius 2 is 2.22 bits per heavy atom. The van der Waals surface area contributed by atoms with Gasteiger partial charge in [0.2, 0.25) is 0 Å². The summed E-state index contributed by atoms with van der Waals surface area (Å²) >= 11 is 5.63. The Morgan fingerprint density at radius 1 is 1.56 bits per heavy atom. The van der Waals surface area contributed by atoms with Crippen LogP contribution in [0, 0.1) is 5.82 Å². The van der Waals surface area contributed by atoms with Gasteiger partial charge in [-0.05, 0) is 12.1 Å². The molecule has 0 atom stereocenters. The lowest BCUT2D eigenvalue weighted by Crippen LogP contribution is -2.15. The summed E-state index contributed by atoms with van der Waals surface area (Å²) in [4.78, 5) is 21.8. The molecule has 0 radical (unpaired) electrons. The second-order valence-electron chi connectivity index (χ2n) is 3.13. The average molecular weight is 274 g/mol. The molecular formula is C11H9ClFNO4. The smallest absolute Gasteiger partial charge is 0.412 e. The molecule has 0 bridgehead atoms. The van der Waals surface area contributed by atoms with Gasteiger partial charge >= 0.3 is 12.1 Å². The number of benzene rings is 1. The minimum atomic E-state index is -1.36. The summed E-state index contributed by atoms with van der Waals surface area (Å²) in [6.45, 7) is 3.30. The van der Waals surface area contributed by atoms with Gasteiger partial charge in [0.25, 0.3) is 0 Å². The van der Waals surface area contributed by atoms with Gasteiger partial charge in [0.05, 0.1) is 16.3 Å². The number of nitrogens with one attached hydrogen (secondary N) is 1. The van der Waals surface area contributed by atoms with Crippen LogP contribution in [0.2, 0.25) is 5.02 Å². The van der Waals surface area contributed by atoms with Gasteiger partial charge in [0.15, 0.2) is 0 Å². The standard InChI is InChI=1S/C11H9ClFNO4/c1-2-3-18-11(17)14-9-5-7(12)6(10(15)16)4-8(9)13/h2,4-5H,1,3H2,(H,14,17)(H,15,16). The zero-order valence-electron chi connectivity index (χ0n) is 9.07. The molecule has 18 heavy (non-hydrogen) atoms. The van der Waals surface area contributed by atoms with E-state index in [1.807, 2.05) is 0 Å². The van der Waals surface area contributed by atoms with E-state index >= 15 is 0 Å². The van der Waals surface area contributed by atoms with Gasteiger partial charge in [-0.2, -0.15) is 0 Å². The fraction of sp³-hybridized carbons (Fsp3) is 0.0909. The quantitative estimate of drug-likeness (QED) is 0.827. The summed E-state index contributed by atoms with van der Waals surface area (Å²) in [6, 6.07) is 1.71. The van der Waals surface area contributed by atoms with Crippen molar-refractivity contribution in [2.75, 3.05) is 11.9 Å². The van der Waals surface area contributed by atoms with Crippen LogP contribution in [0.3, 0.4) is 0 Å². The van der Waals surface area contributed by atoms with Crippen molar-refractivity contribution >= 4 is 29.4 Å². The first-order chi connectivity index (χ1) is 8.45. The molecule has 2 N–H and O–H groups in total. The minimum absolute atomic E-state index is 0.0333. The number of rotatable bonds is 4. The highest BCUT2D eigenvalue weighted by Crippen LogP contribution is 2.24. The maximum absolute atomic E-state index is 13.5. The molecule has 0 unspecified atom stereocenters. The van der Waals surface area contributed by atoms with Crippen molar-refractivity contribution < 1.29 is 23.8 Å². The number of anilines is 1. The zero-order chi connectivity index (χ0) is 13.7. The maximum atomic E-state index is 13.5. The minimum Gasteiger partial charge on any atom is -0.478 e. The van der Waals surface area contributed by atoms with Gasteiger partial charge < -0.3 is 9.84 Å². The lowest BCUT2D eigenvalue weighted by atomic mass is 10.2. The monoisotopic (exact) mass is 273 g/mol. The highest BCUT2D eigenvalue weighted by molar-refractivity contribution is 6.33. The van der Waals surface area contributed by atoms with Crippen molar-refractivity contribution in [2.45, 2.75) is 0 Å². The van der Waals surface area contributed by atoms with Gasteiger partial charge in [-0.1, -0.05) is 24.3 Å². The SMILES string of the molecule is C=CCOC(=O)Nc1cc(Cl)c(C(=O)O)cc1F. The van der Waals surface area contributed by atoms with Crippen LogP contribution in [-0.4, -0.2) is 23.8 Å². The topological polar surface area (TPSA) is 75.6 Å². The Balaban J connectivity index is 2.91. The molecule has 0 fully saturated rings. The third kappa shape index (κ3) is 3.46. The van der Waals surface area contributed by atoms with E-state index in [4.69, 9.17) is 16.7 Å². The number of amides is 1. The molecule has 0 spiro atoms. The molecule has 0 aliphatic rings. The molecule has 0 aliphatic heterocycles. The van der Waals surface area contributed by atoms with Crippen molar-refractivity contribution in [3.05, 3.63) is 41.2 Å². The predicted octanol–water partition coefficient (Wildman–Crippen LogP) is 2.91. The predicted molar refractivity (Wildman–Crippen MR) is 63.5 cm³/mol. The van der Waals surface area contributed by atoms with Crippen LogP contribution >= 0.6 is 11.6 Å². The van der Waals surface area contributed by atoms with Gasteiger partial charge in [0, 0.05) is 0 Å². The van der Waals surface area contributed by atoms with E-state index in [1.165, 1.54) is 6.08 Å². The third-order valence-corrected chi connectivity index (χ3v) is 2.17. The molecule has 1 rings (SSSR count). The summed E-state index contributed by atoms with van der Waals surface area (Å²) in [5.41, 5.74) is -0.654. The molecule has 1 amide bonds. The van der Waals surface area contributed by atoms with Crippen molar-refractivity contribution in [3.8, 4) is 0 Å². The molecule has 0 heterocycles. The summed E-state index contributed by atoms with van der Waals surface area (Å²) in [6.07, 6.45) is 0.448. The normalized spacial score (nSPS) is 9.67. The molecule has 0 aromatic heterocycles. The fourth-order valence-electron chi connectivity index (χ4n) is 1.09. The number of carboxylic acid groups (broad SMARTS) is 1. The molecule has 5 nitrogen and oxygen atoms in total. The number of ether oxygens (including phenoxy) is 1. The van der Waals surface area contributed by atoms with Crippen LogP contribution in [0.5, 0.6) is 0 Å². The summed E-state index contributed by atoms with van der Waals surface area (Å²) < 4.78 is 18.0. The van der Waals surface area contributed by atoms with Crippen LogP contribution in [-0.2, 0) is 4.74 Å². The average Bonchev–Trinajstić information content (AvgIpc) is 2.30. The van der Waals surface area contributed by atoms with Crippen molar-refractivity contribution in [1.82, 2.24) is 0 Å². The van der Waals surface area contributed by atoms with E-state index in [1.54, 1.807) is 0 Å². The van der Waals surface area contributed by atoms with Crippen LogP contribution < -0.4 is 5.32 Å². The van der Waals surface area contributed by atoms with Gasteiger partial charge in [0.1, 0.15) is 12.4 Å². The van der Waals surface area contributed by atoms with E-state index < -0.39 is 17.9 Å². The van der Waals surface area contributed by atoms with Gasteiger partial charge in [-0.3, -0.25) is 5.32 Å². The summed E-state index contributed by atoms with van der Waals surface area (Å²) in [5, 5.41) is 10.6. The van der Waals surface area contributed by atoms with Crippen LogP contribution in [0.1, 0.15) is 10.4 Å². The van der Waals surface area contributed by atoms with E-state index in [0.29, 0.717) is 6.07 Å². The van der Waals surface area contributed by atoms with E-state index in [2.05, 4.69) is 16.6 Å². The Bertz CT molecular complexity index is 504. The van der Waals surface area contributed by atoms with E-state index in [0.717, 1.165) is 6.07 Å². The number of carbonyl (C=O) groups is 2. The van der Waals surface area contributed by atoms with Crippen LogP contribution in [0.25, 0.3) is 0 Å². The van der Waals surface area contributed by atoms with E-state index in [9.17, 15) is 14.0 Å². The largest absolute Gasteiger partial charge is 0.478 e. The molecule has 0 aliphatic carbocycles. The summed E-state index contributed by atoms with van der Waals surface area (Å²) in [5.74, 6) is -2.29. The Morgan fingerprint density at radius 3 is 2.78 bits per heavy atom. The molecule has 0 saturated heterocycles. The Hall–Kier alpha value is -2.08. The second kappa shape index (κ2) is 6.02. The van der Waals surface area contributed by atoms with E-state index in [-0.39, 0.29) is 22.9 Å². The molecule has 0 saturated carbocycles. The molecule has 96 valence electrons. The molecule has 7 heteroatoms. The highest BCUT2D eigenvalue weighted by Gasteiger charge is 2.15. The lowest BCUT2D eigenvalue weighted by Gasteiger charge is -2.08. The maximum Gasteiger partial charge on any atom is 0.412 e. The lowest BCUT2D eigenvalue weighted by molar-refractivity contribution is 0.0696. The fourth-order valence-corrected chi connectivity index (χ4v) is 1.33. The van der Waals surface area contributed by atoms with Crippen LogP contribution in [0.4, 0.5) is 14.9 Å². The highest BCUT2D eigenvalue weighted by atomic mass is 35.5. The third-order valence-electron chi connectivity index (χ3n) is 1.86. The molecule has 1 aromatic rings. The first kappa shape index (κ1) is 14.0. The number of aromatic carboxylic acids is 1. The Kier molecular flexibility index (Phi) is 4.67. The zero-order valence-corrected chi connectivity index (χ0v) is 9.83. The summed E-state index contributed by atoms with van der Waals surface area (Å²) in [7, 11) is 0. The molecule has 1 aromatic carbocycles. The first-order valence-electron chi connectivity index (χ1n) is 4.72. The van der Waals surface area contributed by atoms with Crippen molar-refractivity contribution in [3.63, 3.8) is 0 Å². The van der Waals surface area contributed by atoms with Gasteiger partial charge in [-0.25, -0.2) is 14.0 Å². The van der Waals surface area contributed by atoms with Crippen molar-refractivity contribution in [1.29, 1.82) is 0 Å². The number of halogens is 2. The van der Waals surface area contributed by atoms with Crippen LogP contribution in [0.15, 0.2) is 24.8 Å². The second-order valence-corrected chi connectivity index (χ2v) is 3.54. The molecular weight excluding hydrogens is 265 g/mol. The Labute approximate surface area is 107 Å². The number of carboxylic acids is 1. The number of carbonyl (C=O) groups excluding carboxylic acids is 1. The first-order valence-corrected chi connectivity index (χ1v) is 5.10. The van der Waals surface area contributed by atoms with Crippen molar-refractivity contribution in [2.24, 2.45) is 0 Å².